The molecule has 0 unspecified atom stereocenters. The van der Waals surface area contributed by atoms with Crippen molar-refractivity contribution in [1.82, 2.24) is 9.97 Å². The number of hydrogen-bond donors (Lipinski definition) is 0. The Morgan fingerprint density at radius 1 is 0.661 bits per heavy atom. The molecule has 305 valence electrons. The van der Waals surface area contributed by atoms with Crippen LogP contribution in [0.3, 0.4) is 0 Å². The first-order chi connectivity index (χ1) is 33.9. The zero-order chi connectivity index (χ0) is 51.5. The second-order valence-electron chi connectivity index (χ2n) is 15.9. The number of aromatic nitrogens is 2. The molecule has 0 saturated heterocycles. The summed E-state index contributed by atoms with van der Waals surface area (Å²) in [5.41, 5.74) is 5.38. The van der Waals surface area contributed by atoms with Crippen LogP contribution in [0, 0.1) is 49.4 Å². The van der Waals surface area contributed by atoms with Crippen LogP contribution in [0.4, 0.5) is 0 Å². The Hall–Kier alpha value is -6.70. The van der Waals surface area contributed by atoms with E-state index in [1.54, 1.807) is 36.5 Å². The number of nitrogens with zero attached hydrogens (tertiary/aromatic N) is 3. The van der Waals surface area contributed by atoms with Gasteiger partial charge in [0.2, 0.25) is 0 Å². The fraction of sp³-hybridized carbons (Fsp3) is 0.140. The van der Waals surface area contributed by atoms with Crippen molar-refractivity contribution < 1.29 is 39.6 Å². The Bertz CT molecular complexity index is 3740. The molecule has 3 aromatic heterocycles. The molecule has 4 nitrogen and oxygen atoms in total. The monoisotopic (exact) mass is 991 g/mol. The van der Waals surface area contributed by atoms with Crippen molar-refractivity contribution in [2.45, 2.75) is 47.7 Å². The molecule has 0 amide bonds. The summed E-state index contributed by atoms with van der Waals surface area (Å²) in [4.78, 5) is 8.94. The smallest absolute Gasteiger partial charge is 0.121 e. The largest absolute Gasteiger partial charge is 0.501 e. The summed E-state index contributed by atoms with van der Waals surface area (Å²) < 4.78 is 95.5. The van der Waals surface area contributed by atoms with Gasteiger partial charge in [-0.15, -0.1) is 47.5 Å². The zero-order valence-corrected chi connectivity index (χ0v) is 36.4. The maximum Gasteiger partial charge on any atom is 0.121 e. The van der Waals surface area contributed by atoms with E-state index in [1.165, 1.54) is 30.5 Å². The van der Waals surface area contributed by atoms with Crippen LogP contribution in [0.25, 0.3) is 88.3 Å². The Morgan fingerprint density at radius 3 is 2.23 bits per heavy atom. The zero-order valence-electron chi connectivity index (χ0n) is 45.0. The average molecular weight is 991 g/mol. The van der Waals surface area contributed by atoms with Crippen LogP contribution in [0.5, 0.6) is 0 Å². The molecule has 10 aromatic rings. The van der Waals surface area contributed by atoms with Crippen LogP contribution in [0.2, 0.25) is 0 Å². The molecule has 0 saturated carbocycles. The quantitative estimate of drug-likeness (QED) is 0.127. The first kappa shape index (κ1) is 30.3. The van der Waals surface area contributed by atoms with Crippen LogP contribution in [-0.2, 0) is 26.5 Å². The molecule has 0 fully saturated rings. The predicted octanol–water partition coefficient (Wildman–Crippen LogP) is 15.0. The predicted molar refractivity (Wildman–Crippen MR) is 252 cm³/mol. The number of pyridine rings is 2. The second kappa shape index (κ2) is 17.3. The van der Waals surface area contributed by atoms with Crippen molar-refractivity contribution in [2.75, 3.05) is 0 Å². The molecule has 1 radical (unpaired) electrons. The van der Waals surface area contributed by atoms with Gasteiger partial charge in [-0.1, -0.05) is 135 Å². The molecule has 10 rings (SSSR count). The van der Waals surface area contributed by atoms with E-state index in [-0.39, 0.29) is 53.5 Å². The van der Waals surface area contributed by atoms with E-state index in [1.807, 2.05) is 81.4 Å². The first-order valence-electron chi connectivity index (χ1n) is 25.3. The summed E-state index contributed by atoms with van der Waals surface area (Å²) in [7, 11) is 0. The molecule has 0 bridgehead atoms. The van der Waals surface area contributed by atoms with Gasteiger partial charge in [-0.3, -0.25) is 0 Å². The second-order valence-corrected chi connectivity index (χ2v) is 15.9. The molecule has 62 heavy (non-hydrogen) atoms. The fourth-order valence-corrected chi connectivity index (χ4v) is 7.65. The molecule has 0 N–H and O–H groups in total. The first-order valence-corrected chi connectivity index (χ1v) is 19.8. The van der Waals surface area contributed by atoms with Gasteiger partial charge in [0, 0.05) is 53.0 Å². The van der Waals surface area contributed by atoms with E-state index in [0.717, 1.165) is 37.9 Å². The number of hydrogen-bond acceptors (Lipinski definition) is 4. The van der Waals surface area contributed by atoms with Crippen LogP contribution in [0.1, 0.15) is 63.7 Å². The normalized spacial score (nSPS) is 14.8. The molecule has 0 aliphatic carbocycles. The maximum atomic E-state index is 9.39. The van der Waals surface area contributed by atoms with Crippen LogP contribution >= 0.6 is 0 Å². The van der Waals surface area contributed by atoms with Crippen LogP contribution in [-0.4, -0.2) is 9.97 Å². The Kier molecular flexibility index (Phi) is 8.49. The van der Waals surface area contributed by atoms with Gasteiger partial charge in [0.05, 0.1) is 17.2 Å². The van der Waals surface area contributed by atoms with Gasteiger partial charge in [0.15, 0.2) is 0 Å². The fourth-order valence-electron chi connectivity index (χ4n) is 7.65. The minimum Gasteiger partial charge on any atom is -0.501 e. The van der Waals surface area contributed by atoms with Gasteiger partial charge in [0.1, 0.15) is 5.58 Å². The topological polar surface area (TPSA) is 62.7 Å². The summed E-state index contributed by atoms with van der Waals surface area (Å²) in [6.45, 7) is -1.84. The standard InChI is InChI=1S/C34H21N2O.C23H24N.Ir/c1-20-14-22(18-35)10-13-25(20)29-16-32(36-19-21(29)2)28-9-5-8-27-31-15-24-12-11-23-6-3-4-7-26(23)30(24)17-33(31)37-34(27)28;1-17-10-12-20(14-21(17)19-8-6-5-7-9-19)22-13-11-18(16-24-22)15-23(2,3)4;/h3-8,10-17,19H,1-2H3;5-11,13-14,16H,15H2,1-4H3;/q2*-1;/i1D3,2D3;1D3,15D2;. The minimum absolute atomic E-state index is 0. The van der Waals surface area contributed by atoms with Gasteiger partial charge in [0.25, 0.3) is 0 Å². The summed E-state index contributed by atoms with van der Waals surface area (Å²) in [5.74, 6) is 0. The number of rotatable bonds is 5. The molecule has 7 aromatic carbocycles. The van der Waals surface area contributed by atoms with Gasteiger partial charge >= 0.3 is 0 Å². The van der Waals surface area contributed by atoms with Gasteiger partial charge in [-0.05, 0) is 116 Å². The SMILES string of the molecule is [2H]C([2H])([2H])c1c[c-]c(-c2ccc(C([2H])([2H])C(C)(C)C)cn2)cc1-c1ccccc1.[2H]C([2H])([2H])c1cnc(-c2[c-]ccc3c2oc2cc4c(ccc5ccccc54)cc23)cc1-c1ccc(C#N)cc1C([2H])([2H])[2H].[Ir]. The summed E-state index contributed by atoms with van der Waals surface area (Å²) in [6, 6.07) is 50.4. The number of nitriles is 1. The molecule has 3 heterocycles. The minimum atomic E-state index is -2.59. The summed E-state index contributed by atoms with van der Waals surface area (Å²) >= 11 is 0. The molecular formula is C57H45IrN3O-2. The average Bonchev–Trinajstić information content (AvgIpc) is 3.72. The van der Waals surface area contributed by atoms with Crippen molar-refractivity contribution in [3.8, 4) is 50.8 Å². The molecule has 0 aliphatic rings. The van der Waals surface area contributed by atoms with E-state index in [4.69, 9.17) is 19.5 Å². The molecule has 5 heteroatoms. The van der Waals surface area contributed by atoms with Crippen LogP contribution < -0.4 is 0 Å². The van der Waals surface area contributed by atoms with E-state index in [2.05, 4.69) is 52.4 Å². The Balaban J connectivity index is 0.000000208. The Morgan fingerprint density at radius 2 is 1.45 bits per heavy atom. The number of fused-ring (bicyclic) bond motifs is 6. The van der Waals surface area contributed by atoms with Crippen molar-refractivity contribution in [3.63, 3.8) is 0 Å². The van der Waals surface area contributed by atoms with E-state index in [0.29, 0.717) is 44.8 Å². The number of furan rings is 1. The molecule has 0 spiro atoms. The van der Waals surface area contributed by atoms with E-state index < -0.39 is 32.3 Å². The van der Waals surface area contributed by atoms with Crippen molar-refractivity contribution in [2.24, 2.45) is 5.41 Å². The molecule has 0 atom stereocenters. The summed E-state index contributed by atoms with van der Waals surface area (Å²) in [5, 5.41) is 15.5. The summed E-state index contributed by atoms with van der Waals surface area (Å²) in [6.07, 6.45) is 1.28. The third-order valence-electron chi connectivity index (χ3n) is 10.5. The maximum absolute atomic E-state index is 9.39. The van der Waals surface area contributed by atoms with Gasteiger partial charge < -0.3 is 14.4 Å². The molecule has 0 aliphatic heterocycles. The van der Waals surface area contributed by atoms with Crippen molar-refractivity contribution >= 4 is 43.5 Å². The number of benzene rings is 7. The third-order valence-corrected chi connectivity index (χ3v) is 10.5. The molecular weight excluding hydrogens is 935 g/mol. The van der Waals surface area contributed by atoms with Crippen LogP contribution in [0.15, 0.2) is 156 Å². The van der Waals surface area contributed by atoms with Gasteiger partial charge in [-0.25, -0.2) is 0 Å². The Labute approximate surface area is 392 Å². The number of aryl methyl sites for hydroxylation is 3. The van der Waals surface area contributed by atoms with Gasteiger partial charge in [-0.2, -0.15) is 5.26 Å². The third kappa shape index (κ3) is 8.46. The van der Waals surface area contributed by atoms with E-state index >= 15 is 0 Å². The van der Waals surface area contributed by atoms with E-state index in [9.17, 15) is 5.26 Å². The van der Waals surface area contributed by atoms with Crippen molar-refractivity contribution in [3.05, 3.63) is 192 Å². The van der Waals surface area contributed by atoms with Crippen molar-refractivity contribution in [1.29, 1.82) is 5.26 Å².